The van der Waals surface area contributed by atoms with Crippen LogP contribution < -0.4 is 9.47 Å². The van der Waals surface area contributed by atoms with E-state index in [0.29, 0.717) is 35.3 Å². The maximum Gasteiger partial charge on any atom is 0.283 e. The minimum Gasteiger partial charge on any atom is -0.490 e. The molecule has 0 saturated heterocycles. The second-order valence-electron chi connectivity index (χ2n) is 6.92. The summed E-state index contributed by atoms with van der Waals surface area (Å²) < 4.78 is 24.7. The second kappa shape index (κ2) is 9.35. The number of hydrogen-bond acceptors (Lipinski definition) is 6. The van der Waals surface area contributed by atoms with Gasteiger partial charge in [-0.05, 0) is 66.6 Å². The molecule has 7 nitrogen and oxygen atoms in total. The van der Waals surface area contributed by atoms with Gasteiger partial charge in [0.1, 0.15) is 17.5 Å². The summed E-state index contributed by atoms with van der Waals surface area (Å²) >= 11 is 1.31. The first-order valence-corrected chi connectivity index (χ1v) is 10.9. The first-order valence-electron chi connectivity index (χ1n) is 10.1. The largest absolute Gasteiger partial charge is 0.490 e. The summed E-state index contributed by atoms with van der Waals surface area (Å²) in [5, 5.41) is 15.4. The average Bonchev–Trinajstić information content (AvgIpc) is 3.20. The van der Waals surface area contributed by atoms with Gasteiger partial charge in [0.15, 0.2) is 17.3 Å². The Kier molecular flexibility index (Phi) is 6.36. The SMILES string of the molecule is CCOc1cc(C=C2C(=N)N3N=C(CC)SC3=NC2=O)ccc1OCc1ccc(F)cc1. The fraction of sp³-hybridized carbons (Fsp3) is 0.217. The molecule has 2 aliphatic rings. The molecule has 0 aliphatic carbocycles. The zero-order chi connectivity index (χ0) is 22.7. The van der Waals surface area contributed by atoms with Gasteiger partial charge in [-0.25, -0.2) is 4.39 Å². The topological polar surface area (TPSA) is 87.3 Å². The minimum absolute atomic E-state index is 0.00875. The third-order valence-corrected chi connectivity index (χ3v) is 5.74. The smallest absolute Gasteiger partial charge is 0.283 e. The molecule has 2 heterocycles. The molecule has 32 heavy (non-hydrogen) atoms. The van der Waals surface area contributed by atoms with E-state index in [-0.39, 0.29) is 23.8 Å². The van der Waals surface area contributed by atoms with Crippen molar-refractivity contribution in [1.29, 1.82) is 5.41 Å². The number of amidine groups is 2. The van der Waals surface area contributed by atoms with Gasteiger partial charge in [-0.2, -0.15) is 15.1 Å². The van der Waals surface area contributed by atoms with Crippen LogP contribution in [0.4, 0.5) is 4.39 Å². The normalized spacial score (nSPS) is 16.7. The van der Waals surface area contributed by atoms with Crippen molar-refractivity contribution in [2.75, 3.05) is 6.61 Å². The van der Waals surface area contributed by atoms with Gasteiger partial charge >= 0.3 is 0 Å². The van der Waals surface area contributed by atoms with Gasteiger partial charge in [0.2, 0.25) is 5.17 Å². The number of amides is 1. The molecule has 0 bridgehead atoms. The number of carbonyl (C=O) groups excluding carboxylic acids is 1. The van der Waals surface area contributed by atoms with Gasteiger partial charge in [0.25, 0.3) is 5.91 Å². The Morgan fingerprint density at radius 2 is 1.91 bits per heavy atom. The lowest BCUT2D eigenvalue weighted by molar-refractivity contribution is -0.114. The molecule has 2 aromatic carbocycles. The Morgan fingerprint density at radius 3 is 2.62 bits per heavy atom. The molecule has 2 aromatic rings. The van der Waals surface area contributed by atoms with E-state index in [2.05, 4.69) is 10.1 Å². The molecule has 0 radical (unpaired) electrons. The van der Waals surface area contributed by atoms with Gasteiger partial charge in [0.05, 0.1) is 12.2 Å². The lowest BCUT2D eigenvalue weighted by Gasteiger charge is -2.20. The number of nitrogens with zero attached hydrogens (tertiary/aromatic N) is 3. The molecule has 1 N–H and O–H groups in total. The Bertz CT molecular complexity index is 1160. The molecule has 0 unspecified atom stereocenters. The summed E-state index contributed by atoms with van der Waals surface area (Å²) in [5.41, 5.74) is 1.64. The third kappa shape index (κ3) is 4.57. The zero-order valence-electron chi connectivity index (χ0n) is 17.6. The molecular formula is C23H21FN4O3S. The molecule has 0 saturated carbocycles. The van der Waals surface area contributed by atoms with E-state index in [1.807, 2.05) is 13.8 Å². The van der Waals surface area contributed by atoms with Crippen LogP contribution >= 0.6 is 11.8 Å². The maximum absolute atomic E-state index is 13.1. The number of benzene rings is 2. The predicted octanol–water partition coefficient (Wildman–Crippen LogP) is 4.83. The molecule has 4 rings (SSSR count). The van der Waals surface area contributed by atoms with Crippen molar-refractivity contribution >= 4 is 39.8 Å². The highest BCUT2D eigenvalue weighted by molar-refractivity contribution is 8.26. The van der Waals surface area contributed by atoms with Crippen molar-refractivity contribution in [3.63, 3.8) is 0 Å². The lowest BCUT2D eigenvalue weighted by Crippen LogP contribution is -2.35. The highest BCUT2D eigenvalue weighted by Crippen LogP contribution is 2.32. The summed E-state index contributed by atoms with van der Waals surface area (Å²) in [4.78, 5) is 16.6. The Labute approximate surface area is 189 Å². The van der Waals surface area contributed by atoms with E-state index >= 15 is 0 Å². The van der Waals surface area contributed by atoms with E-state index in [9.17, 15) is 9.18 Å². The number of halogens is 1. The first kappa shape index (κ1) is 21.8. The monoisotopic (exact) mass is 452 g/mol. The van der Waals surface area contributed by atoms with Crippen LogP contribution in [-0.2, 0) is 11.4 Å². The molecule has 2 aliphatic heterocycles. The van der Waals surface area contributed by atoms with E-state index < -0.39 is 5.91 Å². The lowest BCUT2D eigenvalue weighted by atomic mass is 10.1. The van der Waals surface area contributed by atoms with Crippen LogP contribution in [0.2, 0.25) is 0 Å². The average molecular weight is 453 g/mol. The number of hydrazone groups is 1. The van der Waals surface area contributed by atoms with Crippen molar-refractivity contribution in [3.8, 4) is 11.5 Å². The molecule has 164 valence electrons. The number of nitrogens with one attached hydrogen (secondary N) is 1. The van der Waals surface area contributed by atoms with Crippen LogP contribution in [0, 0.1) is 11.2 Å². The number of aliphatic imine (C=N–C) groups is 1. The number of rotatable bonds is 7. The van der Waals surface area contributed by atoms with Crippen molar-refractivity contribution in [2.24, 2.45) is 10.1 Å². The van der Waals surface area contributed by atoms with Gasteiger partial charge in [-0.3, -0.25) is 10.2 Å². The van der Waals surface area contributed by atoms with Crippen molar-refractivity contribution in [1.82, 2.24) is 5.01 Å². The Morgan fingerprint density at radius 1 is 1.12 bits per heavy atom. The molecule has 1 amide bonds. The third-order valence-electron chi connectivity index (χ3n) is 4.69. The number of ether oxygens (including phenoxy) is 2. The molecule has 0 aromatic heterocycles. The zero-order valence-corrected chi connectivity index (χ0v) is 18.4. The number of thioether (sulfide) groups is 1. The molecule has 9 heteroatoms. The Balaban J connectivity index is 1.57. The van der Waals surface area contributed by atoms with Crippen LogP contribution in [0.5, 0.6) is 11.5 Å². The van der Waals surface area contributed by atoms with Crippen molar-refractivity contribution < 1.29 is 18.7 Å². The van der Waals surface area contributed by atoms with E-state index in [1.165, 1.54) is 28.9 Å². The van der Waals surface area contributed by atoms with Gasteiger partial charge in [-0.15, -0.1) is 0 Å². The summed E-state index contributed by atoms with van der Waals surface area (Å²) in [6.45, 7) is 4.50. The quantitative estimate of drug-likeness (QED) is 0.608. The van der Waals surface area contributed by atoms with Crippen molar-refractivity contribution in [3.05, 3.63) is 65.0 Å². The molecule has 0 spiro atoms. The summed E-state index contributed by atoms with van der Waals surface area (Å²) in [7, 11) is 0. The van der Waals surface area contributed by atoms with Crippen LogP contribution in [-0.4, -0.2) is 33.6 Å². The maximum atomic E-state index is 13.1. The van der Waals surface area contributed by atoms with Crippen LogP contribution in [0.15, 0.2) is 58.1 Å². The minimum atomic E-state index is -0.476. The fourth-order valence-corrected chi connectivity index (χ4v) is 3.91. The first-order chi connectivity index (χ1) is 15.5. The highest BCUT2D eigenvalue weighted by Gasteiger charge is 2.35. The molecule has 0 atom stereocenters. The molecular weight excluding hydrogens is 431 g/mol. The van der Waals surface area contributed by atoms with Gasteiger partial charge < -0.3 is 9.47 Å². The van der Waals surface area contributed by atoms with Crippen LogP contribution in [0.1, 0.15) is 31.4 Å². The van der Waals surface area contributed by atoms with Crippen molar-refractivity contribution in [2.45, 2.75) is 26.9 Å². The van der Waals surface area contributed by atoms with E-state index in [1.54, 1.807) is 36.4 Å². The van der Waals surface area contributed by atoms with E-state index in [0.717, 1.165) is 10.6 Å². The number of fused-ring (bicyclic) bond motifs is 1. The predicted molar refractivity (Wildman–Crippen MR) is 124 cm³/mol. The van der Waals surface area contributed by atoms with Crippen LogP contribution in [0.25, 0.3) is 6.08 Å². The standard InChI is InChI=1S/C23H21FN4O3S/c1-3-20-27-28-21(25)17(22(29)26-23(28)32-20)11-15-7-10-18(19(12-15)30-4-2)31-13-14-5-8-16(24)9-6-14/h5-12,25H,3-4,13H2,1-2H3. The Hall–Kier alpha value is -3.46. The fourth-order valence-electron chi connectivity index (χ4n) is 3.08. The summed E-state index contributed by atoms with van der Waals surface area (Å²) in [6.07, 6.45) is 2.30. The van der Waals surface area contributed by atoms with E-state index in [4.69, 9.17) is 14.9 Å². The summed E-state index contributed by atoms with van der Waals surface area (Å²) in [5.74, 6) is 0.244. The summed E-state index contributed by atoms with van der Waals surface area (Å²) in [6, 6.07) is 11.3. The van der Waals surface area contributed by atoms with Gasteiger partial charge in [-0.1, -0.05) is 25.1 Å². The number of hydrogen-bond donors (Lipinski definition) is 1. The number of carbonyl (C=O) groups is 1. The van der Waals surface area contributed by atoms with Crippen LogP contribution in [0.3, 0.4) is 0 Å². The second-order valence-corrected chi connectivity index (χ2v) is 7.96. The molecule has 0 fully saturated rings. The highest BCUT2D eigenvalue weighted by atomic mass is 32.2. The van der Waals surface area contributed by atoms with Gasteiger partial charge in [0, 0.05) is 0 Å².